The van der Waals surface area contributed by atoms with Crippen LogP contribution in [0.5, 0.6) is 0 Å². The maximum absolute atomic E-state index is 2.58. The van der Waals surface area contributed by atoms with Gasteiger partial charge in [0.15, 0.2) is 0 Å². The molecule has 2 nitrogen and oxygen atoms in total. The Labute approximate surface area is 361 Å². The Kier molecular flexibility index (Phi) is 8.52. The van der Waals surface area contributed by atoms with E-state index in [4.69, 9.17) is 0 Å². The van der Waals surface area contributed by atoms with Crippen LogP contribution in [0.15, 0.2) is 158 Å². The smallest absolute Gasteiger partial charge is 0.0448 e. The van der Waals surface area contributed by atoms with Crippen molar-refractivity contribution in [2.45, 2.75) is 83.7 Å². The van der Waals surface area contributed by atoms with E-state index in [2.05, 4.69) is 221 Å². The van der Waals surface area contributed by atoms with E-state index in [1.54, 1.807) is 0 Å². The van der Waals surface area contributed by atoms with Crippen LogP contribution in [0.1, 0.15) is 87.8 Å². The van der Waals surface area contributed by atoms with Crippen LogP contribution in [0.2, 0.25) is 0 Å². The van der Waals surface area contributed by atoms with Crippen molar-refractivity contribution < 1.29 is 0 Å². The fourth-order valence-electron chi connectivity index (χ4n) is 11.0. The van der Waals surface area contributed by atoms with Gasteiger partial charge in [-0.3, -0.25) is 0 Å². The highest BCUT2D eigenvalue weighted by atomic mass is 15.2. The molecule has 61 heavy (non-hydrogen) atoms. The highest BCUT2D eigenvalue weighted by molar-refractivity contribution is 6.04. The molecule has 0 radical (unpaired) electrons. The fraction of sp³-hybridized carbons (Fsp3) is 0.220. The van der Waals surface area contributed by atoms with Crippen molar-refractivity contribution in [1.82, 2.24) is 0 Å². The van der Waals surface area contributed by atoms with Crippen LogP contribution in [0.25, 0.3) is 56.0 Å². The Balaban J connectivity index is 0.889. The topological polar surface area (TPSA) is 6.48 Å². The van der Waals surface area contributed by atoms with Gasteiger partial charge in [-0.25, -0.2) is 0 Å². The molecule has 0 saturated carbocycles. The summed E-state index contributed by atoms with van der Waals surface area (Å²) >= 11 is 0. The molecule has 0 amide bonds. The number of rotatable bonds is 5. The summed E-state index contributed by atoms with van der Waals surface area (Å²) in [5.41, 5.74) is 18.5. The number of para-hydroxylation sites is 2. The Morgan fingerprint density at radius 1 is 0.443 bits per heavy atom. The van der Waals surface area contributed by atoms with Gasteiger partial charge in [-0.05, 0) is 173 Å². The van der Waals surface area contributed by atoms with Crippen molar-refractivity contribution in [3.63, 3.8) is 0 Å². The van der Waals surface area contributed by atoms with Crippen LogP contribution >= 0.6 is 0 Å². The second-order valence-corrected chi connectivity index (χ2v) is 19.5. The predicted molar refractivity (Wildman–Crippen MR) is 262 cm³/mol. The molecule has 1 aliphatic carbocycles. The van der Waals surface area contributed by atoms with E-state index in [9.17, 15) is 0 Å². The molecule has 8 aromatic rings. The molecule has 0 spiro atoms. The standard InChI is InChI=1S/C59H54N2/c1-57(2)33-31-41-13-7-11-17-55(41)60(57)46-26-24-43-36-45(23-22-44(43)37-46)49-29-25-40(48-15-9-10-16-50(48)49)21-19-39-20-28-51-52-30-27-47(38-54(52)59(5,6)53(51)35-39)61-56-18-12-8-14-42(56)32-34-58(61,3)4/h7-30,35-38H,31-34H2,1-6H3. The zero-order valence-corrected chi connectivity index (χ0v) is 36.4. The van der Waals surface area contributed by atoms with Crippen LogP contribution in [0.3, 0.4) is 0 Å². The number of aryl methyl sites for hydroxylation is 2. The zero-order chi connectivity index (χ0) is 41.7. The summed E-state index contributed by atoms with van der Waals surface area (Å²) < 4.78 is 0. The van der Waals surface area contributed by atoms with E-state index in [1.807, 2.05) is 0 Å². The lowest BCUT2D eigenvalue weighted by atomic mass is 9.81. The molecule has 0 fully saturated rings. The lowest BCUT2D eigenvalue weighted by molar-refractivity contribution is 0.447. The largest absolute Gasteiger partial charge is 0.336 e. The first-order valence-corrected chi connectivity index (χ1v) is 22.3. The highest BCUT2D eigenvalue weighted by Gasteiger charge is 2.39. The zero-order valence-electron chi connectivity index (χ0n) is 36.4. The first-order chi connectivity index (χ1) is 29.5. The summed E-state index contributed by atoms with van der Waals surface area (Å²) in [5, 5.41) is 5.06. The molecule has 300 valence electrons. The van der Waals surface area contributed by atoms with Crippen LogP contribution in [0, 0.1) is 0 Å². The van der Waals surface area contributed by atoms with Crippen molar-refractivity contribution >= 4 is 56.4 Å². The second-order valence-electron chi connectivity index (χ2n) is 19.5. The monoisotopic (exact) mass is 790 g/mol. The second kappa shape index (κ2) is 13.8. The number of anilines is 4. The molecule has 11 rings (SSSR count). The van der Waals surface area contributed by atoms with Gasteiger partial charge >= 0.3 is 0 Å². The van der Waals surface area contributed by atoms with Gasteiger partial charge in [0.2, 0.25) is 0 Å². The molecule has 0 atom stereocenters. The molecule has 2 heterocycles. The number of benzene rings is 8. The summed E-state index contributed by atoms with van der Waals surface area (Å²) in [7, 11) is 0. The molecule has 8 aromatic carbocycles. The molecule has 0 unspecified atom stereocenters. The van der Waals surface area contributed by atoms with Crippen molar-refractivity contribution in [3.05, 3.63) is 191 Å². The highest BCUT2D eigenvalue weighted by Crippen LogP contribution is 2.52. The third-order valence-corrected chi connectivity index (χ3v) is 14.4. The number of nitrogens with zero attached hydrogens (tertiary/aromatic N) is 2. The minimum atomic E-state index is -0.116. The van der Waals surface area contributed by atoms with Crippen molar-refractivity contribution in [3.8, 4) is 22.3 Å². The minimum absolute atomic E-state index is 0.0391. The van der Waals surface area contributed by atoms with Crippen LogP contribution in [-0.4, -0.2) is 11.1 Å². The third kappa shape index (κ3) is 6.13. The number of fused-ring (bicyclic) bond motifs is 7. The normalized spacial score (nSPS) is 17.0. The van der Waals surface area contributed by atoms with Crippen LogP contribution in [-0.2, 0) is 18.3 Å². The minimum Gasteiger partial charge on any atom is -0.336 e. The average Bonchev–Trinajstić information content (AvgIpc) is 3.49. The number of hydrogen-bond donors (Lipinski definition) is 0. The van der Waals surface area contributed by atoms with Gasteiger partial charge in [-0.2, -0.15) is 0 Å². The molecule has 0 bridgehead atoms. The lowest BCUT2D eigenvalue weighted by Gasteiger charge is -2.45. The summed E-state index contributed by atoms with van der Waals surface area (Å²) in [5.74, 6) is 0. The van der Waals surface area contributed by atoms with Gasteiger partial charge < -0.3 is 9.80 Å². The van der Waals surface area contributed by atoms with Gasteiger partial charge in [0.25, 0.3) is 0 Å². The fourth-order valence-corrected chi connectivity index (χ4v) is 11.0. The van der Waals surface area contributed by atoms with Crippen LogP contribution in [0.4, 0.5) is 22.7 Å². The molecule has 0 N–H and O–H groups in total. The molecule has 3 aliphatic rings. The Hall–Kier alpha value is -6.38. The van der Waals surface area contributed by atoms with E-state index < -0.39 is 0 Å². The molecule has 0 saturated heterocycles. The molecule has 0 aromatic heterocycles. The summed E-state index contributed by atoms with van der Waals surface area (Å²) in [6.45, 7) is 14.3. The van der Waals surface area contributed by atoms with Crippen molar-refractivity contribution in [2.24, 2.45) is 0 Å². The van der Waals surface area contributed by atoms with E-state index in [1.165, 1.54) is 99.9 Å². The summed E-state index contributed by atoms with van der Waals surface area (Å²) in [6.07, 6.45) is 9.12. The van der Waals surface area contributed by atoms with Gasteiger partial charge in [0.1, 0.15) is 0 Å². The van der Waals surface area contributed by atoms with Gasteiger partial charge in [0, 0.05) is 39.2 Å². The van der Waals surface area contributed by atoms with Crippen molar-refractivity contribution in [1.29, 1.82) is 0 Å². The van der Waals surface area contributed by atoms with Gasteiger partial charge in [0.05, 0.1) is 0 Å². The van der Waals surface area contributed by atoms with Crippen molar-refractivity contribution in [2.75, 3.05) is 9.80 Å². The Morgan fingerprint density at radius 3 is 1.69 bits per heavy atom. The first-order valence-electron chi connectivity index (χ1n) is 22.3. The van der Waals surface area contributed by atoms with E-state index in [0.29, 0.717) is 0 Å². The van der Waals surface area contributed by atoms with E-state index in [0.717, 1.165) is 25.7 Å². The quantitative estimate of drug-likeness (QED) is 0.160. The summed E-state index contributed by atoms with van der Waals surface area (Å²) in [6, 6.07) is 59.6. The third-order valence-electron chi connectivity index (χ3n) is 14.4. The van der Waals surface area contributed by atoms with Crippen LogP contribution < -0.4 is 9.80 Å². The maximum Gasteiger partial charge on any atom is 0.0448 e. The van der Waals surface area contributed by atoms with E-state index in [-0.39, 0.29) is 16.5 Å². The Morgan fingerprint density at radius 2 is 0.984 bits per heavy atom. The molecular formula is C59H54N2. The molecule has 2 heteroatoms. The van der Waals surface area contributed by atoms with Gasteiger partial charge in [-0.15, -0.1) is 0 Å². The molecular weight excluding hydrogens is 737 g/mol. The lowest BCUT2D eigenvalue weighted by Crippen LogP contribution is -2.44. The first kappa shape index (κ1) is 37.6. The maximum atomic E-state index is 2.58. The molecule has 2 aliphatic heterocycles. The Bertz CT molecular complexity index is 3090. The number of hydrogen-bond acceptors (Lipinski definition) is 2. The van der Waals surface area contributed by atoms with E-state index >= 15 is 0 Å². The SMILES string of the molecule is CC1(C)c2cc(C=Cc3ccc(-c4ccc5cc(N6c7ccccc7CCC6(C)C)ccc5c4)c4ccccc34)ccc2-c2ccc(N3c4ccccc4CCC3(C)C)cc21. The summed E-state index contributed by atoms with van der Waals surface area (Å²) in [4.78, 5) is 5.13. The van der Waals surface area contributed by atoms with Gasteiger partial charge in [-0.1, -0.05) is 141 Å². The predicted octanol–water partition coefficient (Wildman–Crippen LogP) is 15.9. The average molecular weight is 791 g/mol.